The summed E-state index contributed by atoms with van der Waals surface area (Å²) < 4.78 is 2.55. The van der Waals surface area contributed by atoms with Gasteiger partial charge in [0, 0.05) is 17.7 Å². The third-order valence-corrected chi connectivity index (χ3v) is 3.04. The van der Waals surface area contributed by atoms with E-state index in [0.29, 0.717) is 11.4 Å². The van der Waals surface area contributed by atoms with Crippen molar-refractivity contribution < 1.29 is 9.90 Å². The standard InChI is InChI=1S/C13H13BrN2O2/c1-8-3-4-10(12(17)5-8)15-13(18)11-6-9(14)7-16(11)2/h3-7,17H,1-2H3,(H,15,18). The lowest BCUT2D eigenvalue weighted by molar-refractivity contribution is 0.101. The fraction of sp³-hybridized carbons (Fsp3) is 0.154. The number of hydrogen-bond acceptors (Lipinski definition) is 2. The zero-order chi connectivity index (χ0) is 13.3. The molecule has 0 radical (unpaired) electrons. The summed E-state index contributed by atoms with van der Waals surface area (Å²) in [6.07, 6.45) is 1.80. The molecule has 5 heteroatoms. The van der Waals surface area contributed by atoms with Crippen molar-refractivity contribution in [3.8, 4) is 5.75 Å². The molecular formula is C13H13BrN2O2. The van der Waals surface area contributed by atoms with Crippen molar-refractivity contribution >= 4 is 27.5 Å². The van der Waals surface area contributed by atoms with E-state index in [1.807, 2.05) is 13.0 Å². The van der Waals surface area contributed by atoms with E-state index in [2.05, 4.69) is 21.2 Å². The molecule has 2 N–H and O–H groups in total. The lowest BCUT2D eigenvalue weighted by atomic mass is 10.2. The number of phenols is 1. The maximum atomic E-state index is 12.0. The minimum absolute atomic E-state index is 0.0663. The fourth-order valence-electron chi connectivity index (χ4n) is 1.68. The number of halogens is 1. The summed E-state index contributed by atoms with van der Waals surface area (Å²) in [5.74, 6) is -0.195. The molecule has 94 valence electrons. The van der Waals surface area contributed by atoms with Crippen LogP contribution in [0.1, 0.15) is 16.1 Å². The van der Waals surface area contributed by atoms with Crippen molar-refractivity contribution in [2.45, 2.75) is 6.92 Å². The van der Waals surface area contributed by atoms with Crippen LogP contribution in [0.2, 0.25) is 0 Å². The van der Waals surface area contributed by atoms with E-state index in [0.717, 1.165) is 10.0 Å². The average Bonchev–Trinajstić information content (AvgIpc) is 2.62. The number of anilines is 1. The van der Waals surface area contributed by atoms with Gasteiger partial charge in [0.1, 0.15) is 11.4 Å². The highest BCUT2D eigenvalue weighted by Gasteiger charge is 2.12. The van der Waals surface area contributed by atoms with Crippen molar-refractivity contribution in [2.75, 3.05) is 5.32 Å². The number of carbonyl (C=O) groups excluding carboxylic acids is 1. The summed E-state index contributed by atoms with van der Waals surface area (Å²) in [5.41, 5.74) is 1.86. The Morgan fingerprint density at radius 3 is 2.67 bits per heavy atom. The summed E-state index contributed by atoms with van der Waals surface area (Å²) in [5, 5.41) is 12.4. The predicted molar refractivity (Wildman–Crippen MR) is 73.9 cm³/mol. The number of hydrogen-bond donors (Lipinski definition) is 2. The second-order valence-electron chi connectivity index (χ2n) is 4.13. The Morgan fingerprint density at radius 2 is 2.11 bits per heavy atom. The minimum atomic E-state index is -0.262. The summed E-state index contributed by atoms with van der Waals surface area (Å²) >= 11 is 3.31. The van der Waals surface area contributed by atoms with Crippen molar-refractivity contribution in [2.24, 2.45) is 7.05 Å². The zero-order valence-electron chi connectivity index (χ0n) is 10.1. The summed E-state index contributed by atoms with van der Waals surface area (Å²) in [7, 11) is 1.79. The van der Waals surface area contributed by atoms with Crippen molar-refractivity contribution in [1.29, 1.82) is 0 Å². The van der Waals surface area contributed by atoms with Crippen LogP contribution in [0, 0.1) is 6.92 Å². The normalized spacial score (nSPS) is 10.4. The fourth-order valence-corrected chi connectivity index (χ4v) is 2.21. The first kappa shape index (κ1) is 12.7. The second-order valence-corrected chi connectivity index (χ2v) is 5.04. The molecule has 2 aromatic rings. The molecule has 0 atom stereocenters. The van der Waals surface area contributed by atoms with E-state index >= 15 is 0 Å². The smallest absolute Gasteiger partial charge is 0.272 e. The van der Waals surface area contributed by atoms with Gasteiger partial charge in [-0.2, -0.15) is 0 Å². The molecule has 2 rings (SSSR count). The van der Waals surface area contributed by atoms with Gasteiger partial charge >= 0.3 is 0 Å². The number of carbonyl (C=O) groups is 1. The van der Waals surface area contributed by atoms with Crippen LogP contribution in [-0.2, 0) is 7.05 Å². The molecule has 18 heavy (non-hydrogen) atoms. The topological polar surface area (TPSA) is 54.3 Å². The number of rotatable bonds is 2. The molecule has 0 saturated carbocycles. The van der Waals surface area contributed by atoms with Gasteiger partial charge in [0.25, 0.3) is 5.91 Å². The lowest BCUT2D eigenvalue weighted by Crippen LogP contribution is -2.15. The maximum Gasteiger partial charge on any atom is 0.272 e. The Kier molecular flexibility index (Phi) is 3.43. The first-order valence-electron chi connectivity index (χ1n) is 5.40. The van der Waals surface area contributed by atoms with Crippen LogP contribution in [0.5, 0.6) is 5.75 Å². The highest BCUT2D eigenvalue weighted by molar-refractivity contribution is 9.10. The molecule has 1 aromatic carbocycles. The van der Waals surface area contributed by atoms with Crippen LogP contribution in [0.25, 0.3) is 0 Å². The molecule has 0 aliphatic rings. The number of amides is 1. The van der Waals surface area contributed by atoms with Gasteiger partial charge in [0.05, 0.1) is 5.69 Å². The molecule has 0 unspecified atom stereocenters. The largest absolute Gasteiger partial charge is 0.506 e. The van der Waals surface area contributed by atoms with Crippen LogP contribution in [0.15, 0.2) is 34.9 Å². The number of aromatic nitrogens is 1. The van der Waals surface area contributed by atoms with Gasteiger partial charge in [0.2, 0.25) is 0 Å². The number of aromatic hydroxyl groups is 1. The molecule has 1 heterocycles. The van der Waals surface area contributed by atoms with Gasteiger partial charge in [-0.05, 0) is 46.6 Å². The van der Waals surface area contributed by atoms with E-state index in [-0.39, 0.29) is 11.7 Å². The number of aryl methyl sites for hydroxylation is 2. The molecule has 0 fully saturated rings. The first-order chi connectivity index (χ1) is 8.47. The maximum absolute atomic E-state index is 12.0. The first-order valence-corrected chi connectivity index (χ1v) is 6.19. The highest BCUT2D eigenvalue weighted by atomic mass is 79.9. The molecule has 0 saturated heterocycles. The number of phenolic OH excluding ortho intramolecular Hbond substituents is 1. The van der Waals surface area contributed by atoms with Gasteiger partial charge in [-0.15, -0.1) is 0 Å². The van der Waals surface area contributed by atoms with Crippen molar-refractivity contribution in [3.63, 3.8) is 0 Å². The van der Waals surface area contributed by atoms with E-state index in [1.54, 1.807) is 36.0 Å². The highest BCUT2D eigenvalue weighted by Crippen LogP contribution is 2.25. The number of nitrogens with one attached hydrogen (secondary N) is 1. The lowest BCUT2D eigenvalue weighted by Gasteiger charge is -2.08. The van der Waals surface area contributed by atoms with Crippen LogP contribution < -0.4 is 5.32 Å². The monoisotopic (exact) mass is 308 g/mol. The Bertz CT molecular complexity index is 605. The summed E-state index contributed by atoms with van der Waals surface area (Å²) in [6.45, 7) is 1.87. The predicted octanol–water partition coefficient (Wildman–Crippen LogP) is 3.05. The zero-order valence-corrected chi connectivity index (χ0v) is 11.7. The molecule has 4 nitrogen and oxygen atoms in total. The van der Waals surface area contributed by atoms with Crippen LogP contribution in [-0.4, -0.2) is 15.6 Å². The van der Waals surface area contributed by atoms with Crippen LogP contribution >= 0.6 is 15.9 Å². The van der Waals surface area contributed by atoms with E-state index in [4.69, 9.17) is 0 Å². The van der Waals surface area contributed by atoms with Gasteiger partial charge in [-0.1, -0.05) is 6.07 Å². The van der Waals surface area contributed by atoms with Crippen molar-refractivity contribution in [1.82, 2.24) is 4.57 Å². The Morgan fingerprint density at radius 1 is 1.39 bits per heavy atom. The van der Waals surface area contributed by atoms with E-state index in [9.17, 15) is 9.90 Å². The van der Waals surface area contributed by atoms with Gasteiger partial charge < -0.3 is 15.0 Å². The third kappa shape index (κ3) is 2.56. The quantitative estimate of drug-likeness (QED) is 0.838. The average molecular weight is 309 g/mol. The van der Waals surface area contributed by atoms with Crippen LogP contribution in [0.4, 0.5) is 5.69 Å². The molecule has 0 spiro atoms. The number of nitrogens with zero attached hydrogens (tertiary/aromatic N) is 1. The summed E-state index contributed by atoms with van der Waals surface area (Å²) in [6, 6.07) is 6.84. The molecule has 1 aromatic heterocycles. The van der Waals surface area contributed by atoms with Gasteiger partial charge in [-0.3, -0.25) is 4.79 Å². The van der Waals surface area contributed by atoms with Crippen LogP contribution in [0.3, 0.4) is 0 Å². The molecule has 0 aliphatic heterocycles. The SMILES string of the molecule is Cc1ccc(NC(=O)c2cc(Br)cn2C)c(O)c1. The van der Waals surface area contributed by atoms with E-state index < -0.39 is 0 Å². The molecule has 0 bridgehead atoms. The Labute approximate surface area is 113 Å². The number of benzene rings is 1. The van der Waals surface area contributed by atoms with E-state index in [1.165, 1.54) is 0 Å². The molecular weight excluding hydrogens is 296 g/mol. The Balaban J connectivity index is 2.24. The minimum Gasteiger partial charge on any atom is -0.506 e. The molecule has 1 amide bonds. The third-order valence-electron chi connectivity index (χ3n) is 2.61. The summed E-state index contributed by atoms with van der Waals surface area (Å²) in [4.78, 5) is 12.0. The van der Waals surface area contributed by atoms with Gasteiger partial charge in [0.15, 0.2) is 0 Å². The second kappa shape index (κ2) is 4.86. The molecule has 0 aliphatic carbocycles. The van der Waals surface area contributed by atoms with Crippen molar-refractivity contribution in [3.05, 3.63) is 46.2 Å². The van der Waals surface area contributed by atoms with Gasteiger partial charge in [-0.25, -0.2) is 0 Å². The Hall–Kier alpha value is -1.75.